The number of benzene rings is 1. The third-order valence-corrected chi connectivity index (χ3v) is 3.10. The maximum Gasteiger partial charge on any atom is 0.0378 e. The van der Waals surface area contributed by atoms with Crippen molar-refractivity contribution in [1.82, 2.24) is 4.90 Å². The van der Waals surface area contributed by atoms with Crippen LogP contribution in [0.2, 0.25) is 0 Å². The zero-order chi connectivity index (χ0) is 12.1. The zero-order valence-electron chi connectivity index (χ0n) is 10.9. The molecule has 0 saturated heterocycles. The molecule has 0 aliphatic carbocycles. The second-order valence-corrected chi connectivity index (χ2v) is 4.97. The Balaban J connectivity index is 2.09. The summed E-state index contributed by atoms with van der Waals surface area (Å²) in [5.41, 5.74) is 4.08. The first-order chi connectivity index (χ1) is 8.25. The smallest absolute Gasteiger partial charge is 0.0378 e. The zero-order valence-corrected chi connectivity index (χ0v) is 10.9. The largest absolute Gasteiger partial charge is 0.385 e. The van der Waals surface area contributed by atoms with E-state index in [1.165, 1.54) is 36.1 Å². The average Bonchev–Trinajstić information content (AvgIpc) is 2.53. The Labute approximate surface area is 104 Å². The number of likely N-dealkylation sites (N-methyl/N-ethyl adjacent to an activating group) is 1. The monoisotopic (exact) mass is 230 g/mol. The van der Waals surface area contributed by atoms with E-state index < -0.39 is 0 Å². The topological polar surface area (TPSA) is 15.3 Å². The molecule has 0 amide bonds. The van der Waals surface area contributed by atoms with Gasteiger partial charge in [-0.25, -0.2) is 0 Å². The maximum atomic E-state index is 3.52. The van der Waals surface area contributed by atoms with E-state index in [0.29, 0.717) is 0 Å². The van der Waals surface area contributed by atoms with Gasteiger partial charge in [0.25, 0.3) is 0 Å². The van der Waals surface area contributed by atoms with E-state index in [-0.39, 0.29) is 0 Å². The summed E-state index contributed by atoms with van der Waals surface area (Å²) in [6, 6.07) is 6.76. The molecule has 1 aromatic carbocycles. The molecule has 17 heavy (non-hydrogen) atoms. The third-order valence-electron chi connectivity index (χ3n) is 3.10. The quantitative estimate of drug-likeness (QED) is 0.858. The third kappa shape index (κ3) is 3.60. The number of fused-ring (bicyclic) bond motifs is 1. The average molecular weight is 230 g/mol. The number of anilines is 1. The van der Waals surface area contributed by atoms with Crippen LogP contribution < -0.4 is 5.32 Å². The molecule has 1 aromatic rings. The lowest BCUT2D eigenvalue weighted by Gasteiger charge is -2.08. The number of hydrogen-bond donors (Lipinski definition) is 1. The molecule has 2 heteroatoms. The molecule has 0 radical (unpaired) electrons. The predicted octanol–water partition coefficient (Wildman–Crippen LogP) is 3.01. The molecule has 2 nitrogen and oxygen atoms in total. The van der Waals surface area contributed by atoms with Gasteiger partial charge >= 0.3 is 0 Å². The van der Waals surface area contributed by atoms with Crippen LogP contribution in [-0.4, -0.2) is 32.1 Å². The SMILES string of the molecule is CN(C)CC=Cc1ccc2c(c1)NCCCC2. The summed E-state index contributed by atoms with van der Waals surface area (Å²) in [6.45, 7) is 2.10. The molecule has 2 rings (SSSR count). The summed E-state index contributed by atoms with van der Waals surface area (Å²) in [4.78, 5) is 2.16. The molecule has 92 valence electrons. The molecular formula is C15H22N2. The van der Waals surface area contributed by atoms with E-state index in [1.807, 2.05) is 0 Å². The Bertz CT molecular complexity index is 394. The second kappa shape index (κ2) is 5.87. The fourth-order valence-electron chi connectivity index (χ4n) is 2.14. The predicted molar refractivity (Wildman–Crippen MR) is 75.5 cm³/mol. The van der Waals surface area contributed by atoms with Crippen LogP contribution in [0.1, 0.15) is 24.0 Å². The molecular weight excluding hydrogens is 208 g/mol. The Hall–Kier alpha value is -1.28. The highest BCUT2D eigenvalue weighted by molar-refractivity contribution is 5.61. The minimum Gasteiger partial charge on any atom is -0.385 e. The highest BCUT2D eigenvalue weighted by Crippen LogP contribution is 2.23. The van der Waals surface area contributed by atoms with Crippen molar-refractivity contribution in [1.29, 1.82) is 0 Å². The van der Waals surface area contributed by atoms with Crippen molar-refractivity contribution < 1.29 is 0 Å². The van der Waals surface area contributed by atoms with Gasteiger partial charge in [0.2, 0.25) is 0 Å². The van der Waals surface area contributed by atoms with Crippen LogP contribution in [0.15, 0.2) is 24.3 Å². The van der Waals surface area contributed by atoms with E-state index in [1.54, 1.807) is 0 Å². The Kier molecular flexibility index (Phi) is 4.21. The van der Waals surface area contributed by atoms with Gasteiger partial charge in [-0.1, -0.05) is 24.3 Å². The summed E-state index contributed by atoms with van der Waals surface area (Å²) in [6.07, 6.45) is 8.20. The van der Waals surface area contributed by atoms with Crippen molar-refractivity contribution in [3.8, 4) is 0 Å². The van der Waals surface area contributed by atoms with Crippen LogP contribution in [0.3, 0.4) is 0 Å². The first-order valence-electron chi connectivity index (χ1n) is 6.44. The van der Waals surface area contributed by atoms with Crippen LogP contribution in [0.25, 0.3) is 6.08 Å². The maximum absolute atomic E-state index is 3.52. The molecule has 1 heterocycles. The van der Waals surface area contributed by atoms with Crippen molar-refractivity contribution in [3.05, 3.63) is 35.4 Å². The lowest BCUT2D eigenvalue weighted by atomic mass is 10.0. The first kappa shape index (κ1) is 12.2. The van der Waals surface area contributed by atoms with Crippen LogP contribution in [0.4, 0.5) is 5.69 Å². The Morgan fingerprint density at radius 3 is 3.00 bits per heavy atom. The molecule has 0 bridgehead atoms. The molecule has 0 unspecified atom stereocenters. The van der Waals surface area contributed by atoms with Gasteiger partial charge in [0.05, 0.1) is 0 Å². The van der Waals surface area contributed by atoms with Gasteiger partial charge in [-0.05, 0) is 50.6 Å². The fraction of sp³-hybridized carbons (Fsp3) is 0.467. The molecule has 0 atom stereocenters. The summed E-state index contributed by atoms with van der Waals surface area (Å²) < 4.78 is 0. The van der Waals surface area contributed by atoms with Crippen molar-refractivity contribution in [3.63, 3.8) is 0 Å². The van der Waals surface area contributed by atoms with Gasteiger partial charge in [0.1, 0.15) is 0 Å². The summed E-state index contributed by atoms with van der Waals surface area (Å²) in [5, 5.41) is 3.52. The molecule has 0 fully saturated rings. The highest BCUT2D eigenvalue weighted by atomic mass is 15.0. The molecule has 1 aliphatic heterocycles. The minimum absolute atomic E-state index is 0.991. The van der Waals surface area contributed by atoms with Gasteiger partial charge in [-0.15, -0.1) is 0 Å². The molecule has 1 aliphatic rings. The van der Waals surface area contributed by atoms with Gasteiger partial charge in [-0.2, -0.15) is 0 Å². The van der Waals surface area contributed by atoms with Crippen LogP contribution in [-0.2, 0) is 6.42 Å². The van der Waals surface area contributed by atoms with Crippen molar-refractivity contribution in [2.45, 2.75) is 19.3 Å². The fourth-order valence-corrected chi connectivity index (χ4v) is 2.14. The standard InChI is InChI=1S/C15H22N2/c1-17(2)11-5-6-13-8-9-14-7-3-4-10-16-15(14)12-13/h5-6,8-9,12,16H,3-4,7,10-11H2,1-2H3. The second-order valence-electron chi connectivity index (χ2n) is 4.97. The van der Waals surface area contributed by atoms with Crippen LogP contribution in [0.5, 0.6) is 0 Å². The van der Waals surface area contributed by atoms with Gasteiger partial charge in [-0.3, -0.25) is 0 Å². The van der Waals surface area contributed by atoms with Gasteiger partial charge < -0.3 is 10.2 Å². The first-order valence-corrected chi connectivity index (χ1v) is 6.44. The van der Waals surface area contributed by atoms with Crippen LogP contribution >= 0.6 is 0 Å². The molecule has 0 aromatic heterocycles. The normalized spacial score (nSPS) is 15.7. The van der Waals surface area contributed by atoms with E-state index in [0.717, 1.165) is 13.1 Å². The van der Waals surface area contributed by atoms with E-state index >= 15 is 0 Å². The van der Waals surface area contributed by atoms with Crippen molar-refractivity contribution in [2.75, 3.05) is 32.5 Å². The minimum atomic E-state index is 0.991. The number of aryl methyl sites for hydroxylation is 1. The lowest BCUT2D eigenvalue weighted by molar-refractivity contribution is 0.457. The van der Waals surface area contributed by atoms with E-state index in [9.17, 15) is 0 Å². The highest BCUT2D eigenvalue weighted by Gasteiger charge is 2.06. The van der Waals surface area contributed by atoms with E-state index in [2.05, 4.69) is 54.7 Å². The number of rotatable bonds is 3. The summed E-state index contributed by atoms with van der Waals surface area (Å²) in [7, 11) is 4.17. The molecule has 1 N–H and O–H groups in total. The van der Waals surface area contributed by atoms with Crippen molar-refractivity contribution in [2.24, 2.45) is 0 Å². The summed E-state index contributed by atoms with van der Waals surface area (Å²) >= 11 is 0. The van der Waals surface area contributed by atoms with Gasteiger partial charge in [0.15, 0.2) is 0 Å². The molecule has 0 saturated carbocycles. The lowest BCUT2D eigenvalue weighted by Crippen LogP contribution is -2.10. The van der Waals surface area contributed by atoms with Gasteiger partial charge in [0, 0.05) is 18.8 Å². The Morgan fingerprint density at radius 1 is 1.29 bits per heavy atom. The number of nitrogens with one attached hydrogen (secondary N) is 1. The van der Waals surface area contributed by atoms with Crippen LogP contribution in [0, 0.1) is 0 Å². The van der Waals surface area contributed by atoms with E-state index in [4.69, 9.17) is 0 Å². The number of nitrogens with zero attached hydrogens (tertiary/aromatic N) is 1. The Morgan fingerprint density at radius 2 is 2.18 bits per heavy atom. The van der Waals surface area contributed by atoms with Crippen molar-refractivity contribution >= 4 is 11.8 Å². The summed E-state index contributed by atoms with van der Waals surface area (Å²) in [5.74, 6) is 0. The molecule has 0 spiro atoms. The number of hydrogen-bond acceptors (Lipinski definition) is 2.